The van der Waals surface area contributed by atoms with Crippen molar-refractivity contribution in [1.82, 2.24) is 9.88 Å². The van der Waals surface area contributed by atoms with Crippen molar-refractivity contribution in [3.8, 4) is 5.75 Å². The summed E-state index contributed by atoms with van der Waals surface area (Å²) in [7, 11) is 0. The molecular formula is C21H15ClN4O3S. The van der Waals surface area contributed by atoms with E-state index in [0.29, 0.717) is 26.4 Å². The van der Waals surface area contributed by atoms with Gasteiger partial charge in [0.15, 0.2) is 5.17 Å². The van der Waals surface area contributed by atoms with Gasteiger partial charge in [-0.15, -0.1) is 5.10 Å². The number of phenols is 1. The zero-order chi connectivity index (χ0) is 20.9. The van der Waals surface area contributed by atoms with E-state index in [1.165, 1.54) is 11.0 Å². The molecule has 7 nitrogen and oxygen atoms in total. The van der Waals surface area contributed by atoms with E-state index < -0.39 is 0 Å². The molecule has 0 unspecified atom stereocenters. The number of thioether (sulfide) groups is 1. The Bertz CT molecular complexity index is 1140. The average molecular weight is 439 g/mol. The molecule has 0 radical (unpaired) electrons. The number of aromatic nitrogens is 1. The SMILES string of the molecule is O=C1/C(=C/c2cc(Cl)ccc2O)S/C(=N/N=C\c2cccnc2)N1Cc1ccco1. The minimum absolute atomic E-state index is 0.0258. The molecule has 1 aliphatic heterocycles. The molecule has 0 atom stereocenters. The predicted octanol–water partition coefficient (Wildman–Crippen LogP) is 4.54. The molecule has 1 amide bonds. The number of amidine groups is 1. The maximum atomic E-state index is 13.0. The number of hydrogen-bond donors (Lipinski definition) is 1. The summed E-state index contributed by atoms with van der Waals surface area (Å²) in [6.45, 7) is 0.207. The summed E-state index contributed by atoms with van der Waals surface area (Å²) in [5, 5.41) is 19.2. The van der Waals surface area contributed by atoms with Crippen LogP contribution < -0.4 is 0 Å². The van der Waals surface area contributed by atoms with Gasteiger partial charge in [0.1, 0.15) is 11.5 Å². The van der Waals surface area contributed by atoms with Gasteiger partial charge < -0.3 is 9.52 Å². The van der Waals surface area contributed by atoms with Crippen LogP contribution in [0.15, 0.2) is 80.6 Å². The van der Waals surface area contributed by atoms with Gasteiger partial charge in [-0.2, -0.15) is 5.10 Å². The van der Waals surface area contributed by atoms with Crippen LogP contribution in [0.25, 0.3) is 6.08 Å². The smallest absolute Gasteiger partial charge is 0.267 e. The van der Waals surface area contributed by atoms with Crippen molar-refractivity contribution in [2.24, 2.45) is 10.2 Å². The van der Waals surface area contributed by atoms with Gasteiger partial charge in [-0.1, -0.05) is 17.7 Å². The van der Waals surface area contributed by atoms with Gasteiger partial charge in [0.05, 0.1) is 23.9 Å². The Kier molecular flexibility index (Phi) is 5.97. The lowest BCUT2D eigenvalue weighted by Gasteiger charge is -2.12. The lowest BCUT2D eigenvalue weighted by molar-refractivity contribution is -0.122. The normalized spacial score (nSPS) is 17.0. The molecule has 1 aliphatic rings. The van der Waals surface area contributed by atoms with Crippen molar-refractivity contribution in [1.29, 1.82) is 0 Å². The fourth-order valence-corrected chi connectivity index (χ4v) is 3.77. The van der Waals surface area contributed by atoms with Crippen molar-refractivity contribution in [2.75, 3.05) is 0 Å². The summed E-state index contributed by atoms with van der Waals surface area (Å²) < 4.78 is 5.37. The molecular weight excluding hydrogens is 424 g/mol. The molecule has 9 heteroatoms. The number of carbonyl (C=O) groups excluding carboxylic acids is 1. The molecule has 1 aromatic carbocycles. The molecule has 1 saturated heterocycles. The number of furan rings is 1. The second-order valence-electron chi connectivity index (χ2n) is 6.20. The number of phenolic OH excluding ortho intramolecular Hbond substituents is 1. The van der Waals surface area contributed by atoms with Gasteiger partial charge >= 0.3 is 0 Å². The van der Waals surface area contributed by atoms with E-state index in [0.717, 1.165) is 17.3 Å². The highest BCUT2D eigenvalue weighted by molar-refractivity contribution is 8.18. The first-order valence-electron chi connectivity index (χ1n) is 8.83. The number of nitrogens with zero attached hydrogens (tertiary/aromatic N) is 4. The molecule has 0 spiro atoms. The lowest BCUT2D eigenvalue weighted by Crippen LogP contribution is -2.28. The van der Waals surface area contributed by atoms with Crippen LogP contribution in [0.5, 0.6) is 5.75 Å². The lowest BCUT2D eigenvalue weighted by atomic mass is 10.2. The minimum atomic E-state index is -0.272. The number of amides is 1. The maximum Gasteiger partial charge on any atom is 0.267 e. The van der Waals surface area contributed by atoms with E-state index in [2.05, 4.69) is 15.2 Å². The quantitative estimate of drug-likeness (QED) is 0.358. The van der Waals surface area contributed by atoms with E-state index in [1.54, 1.807) is 61.3 Å². The van der Waals surface area contributed by atoms with Crippen molar-refractivity contribution < 1.29 is 14.3 Å². The Morgan fingerprint density at radius 2 is 2.17 bits per heavy atom. The second-order valence-corrected chi connectivity index (χ2v) is 7.64. The second kappa shape index (κ2) is 8.98. The third kappa shape index (κ3) is 4.61. The summed E-state index contributed by atoms with van der Waals surface area (Å²) in [6, 6.07) is 11.8. The third-order valence-electron chi connectivity index (χ3n) is 4.09. The molecule has 1 N–H and O–H groups in total. The molecule has 3 heterocycles. The van der Waals surface area contributed by atoms with E-state index in [1.807, 2.05) is 6.07 Å². The molecule has 30 heavy (non-hydrogen) atoms. The van der Waals surface area contributed by atoms with Crippen molar-refractivity contribution in [2.45, 2.75) is 6.54 Å². The third-order valence-corrected chi connectivity index (χ3v) is 5.32. The number of aromatic hydroxyl groups is 1. The summed E-state index contributed by atoms with van der Waals surface area (Å²) in [4.78, 5) is 18.9. The maximum absolute atomic E-state index is 13.0. The summed E-state index contributed by atoms with van der Waals surface area (Å²) in [5.41, 5.74) is 1.23. The van der Waals surface area contributed by atoms with Gasteiger partial charge in [0, 0.05) is 28.5 Å². The van der Waals surface area contributed by atoms with Crippen molar-refractivity contribution in [3.63, 3.8) is 0 Å². The molecule has 4 rings (SSSR count). The number of rotatable bonds is 5. The summed E-state index contributed by atoms with van der Waals surface area (Å²) in [6.07, 6.45) is 8.01. The van der Waals surface area contributed by atoms with Crippen LogP contribution in [0, 0.1) is 0 Å². The molecule has 0 aliphatic carbocycles. The van der Waals surface area contributed by atoms with Crippen LogP contribution in [-0.4, -0.2) is 32.3 Å². The minimum Gasteiger partial charge on any atom is -0.507 e. The molecule has 3 aromatic rings. The number of hydrogen-bond acceptors (Lipinski definition) is 7. The van der Waals surface area contributed by atoms with Gasteiger partial charge in [0.2, 0.25) is 0 Å². The monoisotopic (exact) mass is 438 g/mol. The van der Waals surface area contributed by atoms with Crippen molar-refractivity contribution >= 4 is 46.7 Å². The van der Waals surface area contributed by atoms with E-state index in [-0.39, 0.29) is 18.2 Å². The highest BCUT2D eigenvalue weighted by Gasteiger charge is 2.34. The van der Waals surface area contributed by atoms with Crippen LogP contribution in [0.3, 0.4) is 0 Å². The Labute approximate surface area is 181 Å². The Hall–Kier alpha value is -3.36. The van der Waals surface area contributed by atoms with Gasteiger partial charge in [0.25, 0.3) is 5.91 Å². The average Bonchev–Trinajstić information content (AvgIpc) is 3.36. The Balaban J connectivity index is 1.65. The fourth-order valence-electron chi connectivity index (χ4n) is 2.66. The number of pyridine rings is 1. The van der Waals surface area contributed by atoms with Gasteiger partial charge in [-0.05, 0) is 54.2 Å². The zero-order valence-corrected chi connectivity index (χ0v) is 17.0. The molecule has 2 aromatic heterocycles. The van der Waals surface area contributed by atoms with E-state index in [4.69, 9.17) is 16.0 Å². The van der Waals surface area contributed by atoms with Gasteiger partial charge in [-0.25, -0.2) is 0 Å². The van der Waals surface area contributed by atoms with E-state index >= 15 is 0 Å². The highest BCUT2D eigenvalue weighted by atomic mass is 35.5. The fraction of sp³-hybridized carbons (Fsp3) is 0.0476. The Morgan fingerprint density at radius 1 is 1.27 bits per heavy atom. The largest absolute Gasteiger partial charge is 0.507 e. The number of benzene rings is 1. The van der Waals surface area contributed by atoms with E-state index in [9.17, 15) is 9.90 Å². The first-order valence-corrected chi connectivity index (χ1v) is 10.0. The number of carbonyl (C=O) groups is 1. The molecule has 150 valence electrons. The van der Waals surface area contributed by atoms with Crippen LogP contribution in [0.4, 0.5) is 0 Å². The standard InChI is InChI=1S/C21H15ClN4O3S/c22-16-5-6-18(27)15(9-16)10-19-20(28)26(13-17-4-2-8-29-17)21(30-19)25-24-12-14-3-1-7-23-11-14/h1-12,27H,13H2/b19-10-,24-12-,25-21+. The van der Waals surface area contributed by atoms with Crippen LogP contribution >= 0.6 is 23.4 Å². The summed E-state index contributed by atoms with van der Waals surface area (Å²) in [5.74, 6) is 0.365. The van der Waals surface area contributed by atoms with Crippen LogP contribution in [-0.2, 0) is 11.3 Å². The zero-order valence-electron chi connectivity index (χ0n) is 15.5. The first-order chi connectivity index (χ1) is 14.6. The summed E-state index contributed by atoms with van der Waals surface area (Å²) >= 11 is 7.17. The van der Waals surface area contributed by atoms with Crippen LogP contribution in [0.2, 0.25) is 5.02 Å². The Morgan fingerprint density at radius 3 is 2.93 bits per heavy atom. The molecule has 1 fully saturated rings. The van der Waals surface area contributed by atoms with Crippen LogP contribution in [0.1, 0.15) is 16.9 Å². The van der Waals surface area contributed by atoms with Crippen molar-refractivity contribution in [3.05, 3.63) is 87.9 Å². The molecule has 0 bridgehead atoms. The first kappa shape index (κ1) is 19.9. The topological polar surface area (TPSA) is 91.3 Å². The number of halogens is 1. The molecule has 0 saturated carbocycles. The predicted molar refractivity (Wildman–Crippen MR) is 117 cm³/mol. The van der Waals surface area contributed by atoms with Gasteiger partial charge in [-0.3, -0.25) is 14.7 Å². The highest BCUT2D eigenvalue weighted by Crippen LogP contribution is 2.35.